The summed E-state index contributed by atoms with van der Waals surface area (Å²) in [5.74, 6) is 0.507. The van der Waals surface area contributed by atoms with E-state index in [9.17, 15) is 9.59 Å². The highest BCUT2D eigenvalue weighted by Gasteiger charge is 2.10. The summed E-state index contributed by atoms with van der Waals surface area (Å²) in [7, 11) is 0. The van der Waals surface area contributed by atoms with Gasteiger partial charge in [0.1, 0.15) is 24.7 Å². The van der Waals surface area contributed by atoms with Crippen molar-refractivity contribution >= 4 is 11.9 Å². The third kappa shape index (κ3) is 5.81. The number of esters is 1. The molecule has 0 unspecified atom stereocenters. The lowest BCUT2D eigenvalue weighted by Gasteiger charge is -2.11. The Morgan fingerprint density at radius 1 is 0.923 bits per heavy atom. The molecule has 6 heteroatoms. The standard InChI is InChI=1S/C20H23NO5/c1-3-24-17-11-9-15(10-12-17)20(23)21-13-19(22)26-14-16-7-5-6-8-18(16)25-4-2/h5-12H,3-4,13-14H2,1-2H3,(H,21,23). The lowest BCUT2D eigenvalue weighted by molar-refractivity contribution is -0.143. The second-order valence-electron chi connectivity index (χ2n) is 5.34. The molecule has 6 nitrogen and oxygen atoms in total. The maximum atomic E-state index is 12.1. The van der Waals surface area contributed by atoms with Gasteiger partial charge in [-0.2, -0.15) is 0 Å². The topological polar surface area (TPSA) is 73.9 Å². The molecule has 0 aliphatic rings. The Hall–Kier alpha value is -3.02. The van der Waals surface area contributed by atoms with Crippen LogP contribution in [-0.2, 0) is 16.1 Å². The van der Waals surface area contributed by atoms with Crippen molar-refractivity contribution in [2.75, 3.05) is 19.8 Å². The average Bonchev–Trinajstić information content (AvgIpc) is 2.66. The molecule has 0 aromatic heterocycles. The minimum atomic E-state index is -0.518. The molecule has 0 bridgehead atoms. The number of hydrogen-bond acceptors (Lipinski definition) is 5. The molecule has 0 atom stereocenters. The lowest BCUT2D eigenvalue weighted by Crippen LogP contribution is -2.30. The van der Waals surface area contributed by atoms with Gasteiger partial charge >= 0.3 is 5.97 Å². The summed E-state index contributed by atoms with van der Waals surface area (Å²) in [5.41, 5.74) is 1.23. The highest BCUT2D eigenvalue weighted by atomic mass is 16.5. The largest absolute Gasteiger partial charge is 0.494 e. The first kappa shape index (κ1) is 19.3. The zero-order valence-corrected chi connectivity index (χ0v) is 15.0. The fourth-order valence-electron chi connectivity index (χ4n) is 2.25. The number of para-hydroxylation sites is 1. The SMILES string of the molecule is CCOc1ccc(C(=O)NCC(=O)OCc2ccccc2OCC)cc1. The smallest absolute Gasteiger partial charge is 0.325 e. The molecule has 26 heavy (non-hydrogen) atoms. The van der Waals surface area contributed by atoms with E-state index in [1.54, 1.807) is 24.3 Å². The summed E-state index contributed by atoms with van der Waals surface area (Å²) < 4.78 is 16.0. The number of rotatable bonds is 9. The molecule has 0 aliphatic carbocycles. The predicted molar refractivity (Wildman–Crippen MR) is 97.4 cm³/mol. The third-order valence-corrected chi connectivity index (χ3v) is 3.48. The van der Waals surface area contributed by atoms with Gasteiger partial charge < -0.3 is 19.5 Å². The Labute approximate surface area is 153 Å². The van der Waals surface area contributed by atoms with Gasteiger partial charge in [-0.15, -0.1) is 0 Å². The predicted octanol–water partition coefficient (Wildman–Crippen LogP) is 2.96. The number of carbonyl (C=O) groups excluding carboxylic acids is 2. The molecular formula is C20H23NO5. The van der Waals surface area contributed by atoms with E-state index in [0.717, 1.165) is 5.56 Å². The van der Waals surface area contributed by atoms with Crippen LogP contribution in [0.1, 0.15) is 29.8 Å². The highest BCUT2D eigenvalue weighted by molar-refractivity contribution is 5.96. The molecule has 1 amide bonds. The van der Waals surface area contributed by atoms with E-state index < -0.39 is 5.97 Å². The van der Waals surface area contributed by atoms with Gasteiger partial charge in [0.15, 0.2) is 0 Å². The molecule has 0 aliphatic heterocycles. The number of amides is 1. The second-order valence-corrected chi connectivity index (χ2v) is 5.34. The summed E-state index contributed by atoms with van der Waals surface area (Å²) in [6, 6.07) is 14.1. The molecule has 1 N–H and O–H groups in total. The molecule has 0 spiro atoms. The first-order valence-corrected chi connectivity index (χ1v) is 8.51. The highest BCUT2D eigenvalue weighted by Crippen LogP contribution is 2.18. The number of benzene rings is 2. The number of carbonyl (C=O) groups is 2. The number of nitrogens with one attached hydrogen (secondary N) is 1. The Morgan fingerprint density at radius 2 is 1.62 bits per heavy atom. The van der Waals surface area contributed by atoms with E-state index in [1.807, 2.05) is 38.1 Å². The Bertz CT molecular complexity index is 727. The Morgan fingerprint density at radius 3 is 2.31 bits per heavy atom. The molecule has 0 heterocycles. The first-order valence-electron chi connectivity index (χ1n) is 8.51. The molecule has 0 saturated carbocycles. The minimum Gasteiger partial charge on any atom is -0.494 e. The van der Waals surface area contributed by atoms with Crippen molar-refractivity contribution in [2.24, 2.45) is 0 Å². The van der Waals surface area contributed by atoms with E-state index in [-0.39, 0.29) is 19.1 Å². The fourth-order valence-corrected chi connectivity index (χ4v) is 2.25. The molecule has 0 radical (unpaired) electrons. The molecule has 2 rings (SSSR count). The van der Waals surface area contributed by atoms with Crippen molar-refractivity contribution in [1.82, 2.24) is 5.32 Å². The third-order valence-electron chi connectivity index (χ3n) is 3.48. The lowest BCUT2D eigenvalue weighted by atomic mass is 10.2. The molecule has 0 saturated heterocycles. The quantitative estimate of drug-likeness (QED) is 0.699. The van der Waals surface area contributed by atoms with Crippen molar-refractivity contribution < 1.29 is 23.8 Å². The van der Waals surface area contributed by atoms with Crippen LogP contribution in [-0.4, -0.2) is 31.6 Å². The van der Waals surface area contributed by atoms with Gasteiger partial charge in [0.2, 0.25) is 0 Å². The Kier molecular flexibility index (Phi) is 7.49. The molecule has 2 aromatic rings. The second kappa shape index (κ2) is 10.1. The van der Waals surface area contributed by atoms with Gasteiger partial charge in [-0.05, 0) is 44.2 Å². The first-order chi connectivity index (χ1) is 12.6. The summed E-state index contributed by atoms with van der Waals surface area (Å²) in [6.45, 7) is 4.75. The average molecular weight is 357 g/mol. The maximum absolute atomic E-state index is 12.1. The van der Waals surface area contributed by atoms with Crippen molar-refractivity contribution in [3.05, 3.63) is 59.7 Å². The van der Waals surface area contributed by atoms with Gasteiger partial charge in [0.05, 0.1) is 13.2 Å². The minimum absolute atomic E-state index is 0.0912. The number of hydrogen-bond donors (Lipinski definition) is 1. The van der Waals surface area contributed by atoms with Crippen LogP contribution in [0.4, 0.5) is 0 Å². The van der Waals surface area contributed by atoms with E-state index in [1.165, 1.54) is 0 Å². The monoisotopic (exact) mass is 357 g/mol. The van der Waals surface area contributed by atoms with Gasteiger partial charge in [-0.3, -0.25) is 9.59 Å². The molecule has 0 fully saturated rings. The fraction of sp³-hybridized carbons (Fsp3) is 0.300. The zero-order valence-electron chi connectivity index (χ0n) is 15.0. The van der Waals surface area contributed by atoms with Gasteiger partial charge in [-0.25, -0.2) is 0 Å². The molecular weight excluding hydrogens is 334 g/mol. The summed E-state index contributed by atoms with van der Waals surface area (Å²) in [5, 5.41) is 2.54. The van der Waals surface area contributed by atoms with Crippen LogP contribution in [0.3, 0.4) is 0 Å². The maximum Gasteiger partial charge on any atom is 0.325 e. The van der Waals surface area contributed by atoms with Crippen molar-refractivity contribution in [2.45, 2.75) is 20.5 Å². The van der Waals surface area contributed by atoms with Crippen LogP contribution >= 0.6 is 0 Å². The normalized spacial score (nSPS) is 10.1. The van der Waals surface area contributed by atoms with Crippen molar-refractivity contribution in [1.29, 1.82) is 0 Å². The van der Waals surface area contributed by atoms with Crippen molar-refractivity contribution in [3.63, 3.8) is 0 Å². The van der Waals surface area contributed by atoms with Crippen LogP contribution < -0.4 is 14.8 Å². The van der Waals surface area contributed by atoms with Crippen LogP contribution in [0.2, 0.25) is 0 Å². The van der Waals surface area contributed by atoms with Crippen LogP contribution in [0, 0.1) is 0 Å². The zero-order chi connectivity index (χ0) is 18.8. The summed E-state index contributed by atoms with van der Waals surface area (Å²) >= 11 is 0. The molecule has 138 valence electrons. The van der Waals surface area contributed by atoms with Crippen LogP contribution in [0.25, 0.3) is 0 Å². The van der Waals surface area contributed by atoms with E-state index in [4.69, 9.17) is 14.2 Å². The van der Waals surface area contributed by atoms with E-state index >= 15 is 0 Å². The Balaban J connectivity index is 1.80. The van der Waals surface area contributed by atoms with Crippen LogP contribution in [0.15, 0.2) is 48.5 Å². The van der Waals surface area contributed by atoms with E-state index in [2.05, 4.69) is 5.32 Å². The summed E-state index contributed by atoms with van der Waals surface area (Å²) in [6.07, 6.45) is 0. The van der Waals surface area contributed by atoms with Gasteiger partial charge in [-0.1, -0.05) is 18.2 Å². The molecule has 2 aromatic carbocycles. The van der Waals surface area contributed by atoms with Crippen molar-refractivity contribution in [3.8, 4) is 11.5 Å². The van der Waals surface area contributed by atoms with Crippen LogP contribution in [0.5, 0.6) is 11.5 Å². The van der Waals surface area contributed by atoms with Gasteiger partial charge in [0, 0.05) is 11.1 Å². The number of ether oxygens (including phenoxy) is 3. The van der Waals surface area contributed by atoms with E-state index in [0.29, 0.717) is 30.3 Å². The summed E-state index contributed by atoms with van der Waals surface area (Å²) in [4.78, 5) is 23.9. The van der Waals surface area contributed by atoms with Gasteiger partial charge in [0.25, 0.3) is 5.91 Å².